The summed E-state index contributed by atoms with van der Waals surface area (Å²) in [4.78, 5) is -0.549. The third-order valence-corrected chi connectivity index (χ3v) is 4.46. The smallest absolute Gasteiger partial charge is 0.246 e. The number of halogens is 1. The van der Waals surface area contributed by atoms with Crippen molar-refractivity contribution in [1.82, 2.24) is 4.31 Å². The number of sulfonamides is 1. The summed E-state index contributed by atoms with van der Waals surface area (Å²) in [6, 6.07) is 2.36. The zero-order valence-corrected chi connectivity index (χ0v) is 11.3. The van der Waals surface area contributed by atoms with Crippen LogP contribution in [0.5, 0.6) is 0 Å². The van der Waals surface area contributed by atoms with Gasteiger partial charge in [0.05, 0.1) is 13.2 Å². The third-order valence-electron chi connectivity index (χ3n) is 2.56. The first kappa shape index (κ1) is 15.8. The molecule has 1 aromatic carbocycles. The number of nitrogens with two attached hydrogens (primary N) is 1. The summed E-state index contributed by atoms with van der Waals surface area (Å²) in [7, 11) is -4.14. The molecule has 4 N–H and O–H groups in total. The number of hydrogen-bond donors (Lipinski definition) is 3. The highest BCUT2D eigenvalue weighted by atomic mass is 32.2. The largest absolute Gasteiger partial charge is 0.399 e. The monoisotopic (exact) mass is 292 g/mol. The van der Waals surface area contributed by atoms with Crippen molar-refractivity contribution in [2.45, 2.75) is 11.8 Å². The number of aliphatic hydroxyl groups is 2. The second-order valence-electron chi connectivity index (χ2n) is 4.00. The van der Waals surface area contributed by atoms with E-state index >= 15 is 0 Å². The first-order chi connectivity index (χ1) is 8.84. The minimum absolute atomic E-state index is 0.117. The van der Waals surface area contributed by atoms with Crippen LogP contribution in [-0.4, -0.2) is 49.2 Å². The normalized spacial score (nSPS) is 12.1. The van der Waals surface area contributed by atoms with Gasteiger partial charge >= 0.3 is 0 Å². The number of hydrogen-bond acceptors (Lipinski definition) is 5. The van der Waals surface area contributed by atoms with Crippen molar-refractivity contribution in [3.63, 3.8) is 0 Å². The fourth-order valence-corrected chi connectivity index (χ4v) is 3.26. The van der Waals surface area contributed by atoms with Gasteiger partial charge in [-0.05, 0) is 24.6 Å². The Labute approximate surface area is 111 Å². The van der Waals surface area contributed by atoms with Gasteiger partial charge in [0.15, 0.2) is 0 Å². The van der Waals surface area contributed by atoms with Gasteiger partial charge < -0.3 is 15.9 Å². The molecule has 0 fully saturated rings. The van der Waals surface area contributed by atoms with Crippen LogP contribution in [0.1, 0.15) is 5.56 Å². The molecule has 19 heavy (non-hydrogen) atoms. The highest BCUT2D eigenvalue weighted by Gasteiger charge is 2.28. The number of benzene rings is 1. The van der Waals surface area contributed by atoms with Gasteiger partial charge in [0, 0.05) is 18.8 Å². The molecule has 1 rings (SSSR count). The highest BCUT2D eigenvalue weighted by Crippen LogP contribution is 2.24. The van der Waals surface area contributed by atoms with Crippen LogP contribution >= 0.6 is 0 Å². The molecule has 8 heteroatoms. The number of nitrogen functional groups attached to an aromatic ring is 1. The van der Waals surface area contributed by atoms with Gasteiger partial charge in [-0.2, -0.15) is 4.31 Å². The Bertz CT molecular complexity index is 542. The average Bonchev–Trinajstić information content (AvgIpc) is 2.33. The van der Waals surface area contributed by atoms with E-state index in [2.05, 4.69) is 0 Å². The van der Waals surface area contributed by atoms with Crippen LogP contribution in [0.25, 0.3) is 0 Å². The summed E-state index contributed by atoms with van der Waals surface area (Å²) in [5, 5.41) is 17.7. The van der Waals surface area contributed by atoms with Crippen molar-refractivity contribution in [2.75, 3.05) is 32.0 Å². The topological polar surface area (TPSA) is 104 Å². The Kier molecular flexibility index (Phi) is 5.24. The lowest BCUT2D eigenvalue weighted by molar-refractivity contribution is 0.217. The molecular weight excluding hydrogens is 275 g/mol. The fourth-order valence-electron chi connectivity index (χ4n) is 1.67. The molecule has 0 bridgehead atoms. The Morgan fingerprint density at radius 1 is 1.26 bits per heavy atom. The summed E-state index contributed by atoms with van der Waals surface area (Å²) in [6.07, 6.45) is 0. The Balaban J connectivity index is 3.32. The van der Waals surface area contributed by atoms with E-state index in [0.29, 0.717) is 0 Å². The molecule has 0 aliphatic rings. The first-order valence-electron chi connectivity index (χ1n) is 5.62. The number of rotatable bonds is 6. The molecule has 0 unspecified atom stereocenters. The molecule has 0 aliphatic carbocycles. The van der Waals surface area contributed by atoms with E-state index < -0.39 is 33.9 Å². The van der Waals surface area contributed by atoms with Crippen LogP contribution in [0.15, 0.2) is 17.0 Å². The zero-order valence-electron chi connectivity index (χ0n) is 10.5. The van der Waals surface area contributed by atoms with Crippen molar-refractivity contribution >= 4 is 15.7 Å². The molecule has 0 heterocycles. The molecule has 0 saturated carbocycles. The minimum Gasteiger partial charge on any atom is -0.399 e. The molecule has 0 radical (unpaired) electrons. The lowest BCUT2D eigenvalue weighted by atomic mass is 10.2. The molecule has 0 spiro atoms. The summed E-state index contributed by atoms with van der Waals surface area (Å²) in [5.74, 6) is -0.880. The van der Waals surface area contributed by atoms with E-state index in [9.17, 15) is 12.8 Å². The van der Waals surface area contributed by atoms with Gasteiger partial charge in [-0.25, -0.2) is 12.8 Å². The van der Waals surface area contributed by atoms with Crippen LogP contribution < -0.4 is 5.73 Å². The predicted octanol–water partition coefficient (Wildman–Crippen LogP) is -0.308. The highest BCUT2D eigenvalue weighted by molar-refractivity contribution is 7.89. The summed E-state index contributed by atoms with van der Waals surface area (Å²) in [6.45, 7) is 0.101. The molecule has 0 atom stereocenters. The SMILES string of the molecule is Cc1cc(N)cc(S(=O)(=O)N(CCO)CCO)c1F. The molecule has 0 saturated heterocycles. The minimum atomic E-state index is -4.14. The van der Waals surface area contributed by atoms with Crippen molar-refractivity contribution in [3.8, 4) is 0 Å². The summed E-state index contributed by atoms with van der Waals surface area (Å²) < 4.78 is 39.2. The zero-order chi connectivity index (χ0) is 14.6. The fraction of sp³-hybridized carbons (Fsp3) is 0.455. The van der Waals surface area contributed by atoms with Gasteiger partial charge in [0.1, 0.15) is 10.7 Å². The van der Waals surface area contributed by atoms with Crippen molar-refractivity contribution < 1.29 is 23.0 Å². The van der Waals surface area contributed by atoms with E-state index in [0.717, 1.165) is 10.4 Å². The predicted molar refractivity (Wildman–Crippen MR) is 68.5 cm³/mol. The van der Waals surface area contributed by atoms with Gasteiger partial charge in [-0.1, -0.05) is 0 Å². The second-order valence-corrected chi connectivity index (χ2v) is 5.91. The van der Waals surface area contributed by atoms with E-state index in [1.54, 1.807) is 0 Å². The second kappa shape index (κ2) is 6.29. The number of aryl methyl sites for hydroxylation is 1. The molecule has 1 aromatic rings. The van der Waals surface area contributed by atoms with Crippen LogP contribution in [-0.2, 0) is 10.0 Å². The van der Waals surface area contributed by atoms with Crippen molar-refractivity contribution in [1.29, 1.82) is 0 Å². The number of aliphatic hydroxyl groups excluding tert-OH is 2. The average molecular weight is 292 g/mol. The van der Waals surface area contributed by atoms with E-state index in [4.69, 9.17) is 15.9 Å². The number of anilines is 1. The Hall–Kier alpha value is -1.22. The van der Waals surface area contributed by atoms with Crippen molar-refractivity contribution in [2.24, 2.45) is 0 Å². The van der Waals surface area contributed by atoms with Crippen LogP contribution in [0.2, 0.25) is 0 Å². The first-order valence-corrected chi connectivity index (χ1v) is 7.06. The Morgan fingerprint density at radius 2 is 1.79 bits per heavy atom. The third kappa shape index (κ3) is 3.41. The van der Waals surface area contributed by atoms with Gasteiger partial charge in [-0.15, -0.1) is 0 Å². The molecule has 0 aromatic heterocycles. The standard InChI is InChI=1S/C11H17FN2O4S/c1-8-6-9(13)7-10(11(8)12)19(17,18)14(2-4-15)3-5-16/h6-7,15-16H,2-5,13H2,1H3. The maximum atomic E-state index is 13.9. The molecule has 0 aliphatic heterocycles. The lowest BCUT2D eigenvalue weighted by Crippen LogP contribution is -2.36. The Morgan fingerprint density at radius 3 is 2.26 bits per heavy atom. The number of nitrogens with zero attached hydrogens (tertiary/aromatic N) is 1. The van der Waals surface area contributed by atoms with E-state index in [1.165, 1.54) is 13.0 Å². The molecule has 108 valence electrons. The lowest BCUT2D eigenvalue weighted by Gasteiger charge is -2.21. The van der Waals surface area contributed by atoms with E-state index in [-0.39, 0.29) is 24.3 Å². The maximum Gasteiger partial charge on any atom is 0.246 e. The van der Waals surface area contributed by atoms with Crippen LogP contribution in [0.3, 0.4) is 0 Å². The molecule has 6 nitrogen and oxygen atoms in total. The van der Waals surface area contributed by atoms with Crippen molar-refractivity contribution in [3.05, 3.63) is 23.5 Å². The summed E-state index contributed by atoms with van der Waals surface area (Å²) >= 11 is 0. The van der Waals surface area contributed by atoms with Gasteiger partial charge in [0.25, 0.3) is 0 Å². The van der Waals surface area contributed by atoms with E-state index in [1.807, 2.05) is 0 Å². The van der Waals surface area contributed by atoms with Gasteiger partial charge in [0.2, 0.25) is 10.0 Å². The summed E-state index contributed by atoms with van der Waals surface area (Å²) in [5.41, 5.74) is 5.77. The molecular formula is C11H17FN2O4S. The maximum absolute atomic E-state index is 13.9. The van der Waals surface area contributed by atoms with Gasteiger partial charge in [-0.3, -0.25) is 0 Å². The van der Waals surface area contributed by atoms with Crippen LogP contribution in [0, 0.1) is 12.7 Å². The molecule has 0 amide bonds. The quantitative estimate of drug-likeness (QED) is 0.624. The van der Waals surface area contributed by atoms with Crippen LogP contribution in [0.4, 0.5) is 10.1 Å².